The standard InChI is InChI=1S/C16H19BrN5/c1-11(21-16-19-9-13(17)10-20-16)4-6-14-7-5-12-3-2-8-18-15(12)22-14/h5-7,9-11H,2-4,8H2,1H3,(H,18,22)(H,19,20,21)/t11-/m0/s1. The quantitative estimate of drug-likeness (QED) is 0.854. The molecule has 0 bridgehead atoms. The summed E-state index contributed by atoms with van der Waals surface area (Å²) in [6, 6.07) is 4.51. The van der Waals surface area contributed by atoms with Crippen molar-refractivity contribution in [3.8, 4) is 0 Å². The van der Waals surface area contributed by atoms with Gasteiger partial charge in [-0.25, -0.2) is 15.0 Å². The van der Waals surface area contributed by atoms with Gasteiger partial charge in [0.15, 0.2) is 0 Å². The first kappa shape index (κ1) is 15.2. The fraction of sp³-hybridized carbons (Fsp3) is 0.375. The van der Waals surface area contributed by atoms with Crippen LogP contribution in [0.3, 0.4) is 0 Å². The molecule has 0 saturated heterocycles. The number of hydrogen-bond donors (Lipinski definition) is 2. The molecule has 0 amide bonds. The predicted octanol–water partition coefficient (Wildman–Crippen LogP) is 3.44. The lowest BCUT2D eigenvalue weighted by molar-refractivity contribution is 0.764. The van der Waals surface area contributed by atoms with E-state index in [1.54, 1.807) is 12.4 Å². The Bertz CT molecular complexity index is 629. The number of hydrogen-bond acceptors (Lipinski definition) is 5. The number of halogens is 1. The highest BCUT2D eigenvalue weighted by Gasteiger charge is 2.11. The van der Waals surface area contributed by atoms with E-state index < -0.39 is 0 Å². The zero-order chi connectivity index (χ0) is 15.4. The molecule has 0 saturated carbocycles. The van der Waals surface area contributed by atoms with Crippen LogP contribution in [-0.2, 0) is 6.42 Å². The highest BCUT2D eigenvalue weighted by molar-refractivity contribution is 9.10. The van der Waals surface area contributed by atoms with E-state index in [2.05, 4.69) is 67.0 Å². The largest absolute Gasteiger partial charge is 0.370 e. The Kier molecular flexibility index (Phi) is 4.87. The van der Waals surface area contributed by atoms with Crippen molar-refractivity contribution >= 4 is 27.7 Å². The van der Waals surface area contributed by atoms with Gasteiger partial charge in [-0.05, 0) is 53.7 Å². The Morgan fingerprint density at radius 1 is 1.36 bits per heavy atom. The molecule has 3 heterocycles. The van der Waals surface area contributed by atoms with Crippen molar-refractivity contribution < 1.29 is 0 Å². The molecule has 5 nitrogen and oxygen atoms in total. The van der Waals surface area contributed by atoms with Gasteiger partial charge in [-0.2, -0.15) is 0 Å². The maximum absolute atomic E-state index is 4.67. The van der Waals surface area contributed by atoms with Crippen LogP contribution in [0.1, 0.15) is 31.0 Å². The summed E-state index contributed by atoms with van der Waals surface area (Å²) in [5.41, 5.74) is 2.33. The Morgan fingerprint density at radius 2 is 2.18 bits per heavy atom. The van der Waals surface area contributed by atoms with E-state index in [1.165, 1.54) is 12.0 Å². The normalized spacial score (nSPS) is 14.8. The minimum absolute atomic E-state index is 0.243. The monoisotopic (exact) mass is 360 g/mol. The molecule has 2 N–H and O–H groups in total. The topological polar surface area (TPSA) is 62.7 Å². The van der Waals surface area contributed by atoms with Crippen LogP contribution < -0.4 is 10.6 Å². The second-order valence-corrected chi connectivity index (χ2v) is 6.40. The molecule has 0 unspecified atom stereocenters. The van der Waals surface area contributed by atoms with E-state index in [0.717, 1.165) is 35.4 Å². The molecule has 0 spiro atoms. The van der Waals surface area contributed by atoms with Crippen LogP contribution in [0.4, 0.5) is 11.8 Å². The molecule has 2 aromatic heterocycles. The Labute approximate surface area is 139 Å². The van der Waals surface area contributed by atoms with Crippen molar-refractivity contribution in [3.63, 3.8) is 0 Å². The first-order valence-electron chi connectivity index (χ1n) is 7.52. The molecule has 0 aromatic carbocycles. The van der Waals surface area contributed by atoms with Crippen LogP contribution >= 0.6 is 15.9 Å². The van der Waals surface area contributed by atoms with Gasteiger partial charge in [0.25, 0.3) is 0 Å². The molecular formula is C16H19BrN5. The number of aryl methyl sites for hydroxylation is 1. The highest BCUT2D eigenvalue weighted by Crippen LogP contribution is 2.21. The third kappa shape index (κ3) is 3.94. The molecule has 6 heteroatoms. The molecular weight excluding hydrogens is 342 g/mol. The highest BCUT2D eigenvalue weighted by atomic mass is 79.9. The molecule has 115 valence electrons. The summed E-state index contributed by atoms with van der Waals surface area (Å²) in [4.78, 5) is 13.1. The number of anilines is 2. The molecule has 3 rings (SSSR count). The van der Waals surface area contributed by atoms with Crippen molar-refractivity contribution in [3.05, 3.63) is 46.7 Å². The SMILES string of the molecule is C[C@@H](C[CH]c1ccc2c(n1)NCCC2)Nc1ncc(Br)cn1. The first-order valence-corrected chi connectivity index (χ1v) is 8.31. The average molecular weight is 361 g/mol. The summed E-state index contributed by atoms with van der Waals surface area (Å²) < 4.78 is 0.878. The maximum atomic E-state index is 4.67. The third-order valence-electron chi connectivity index (χ3n) is 3.59. The summed E-state index contributed by atoms with van der Waals surface area (Å²) in [6.07, 6.45) is 8.80. The van der Waals surface area contributed by atoms with E-state index in [4.69, 9.17) is 0 Å². The van der Waals surface area contributed by atoms with Gasteiger partial charge < -0.3 is 10.6 Å². The number of nitrogens with zero attached hydrogens (tertiary/aromatic N) is 3. The first-order chi connectivity index (χ1) is 10.7. The zero-order valence-electron chi connectivity index (χ0n) is 12.5. The van der Waals surface area contributed by atoms with Crippen LogP contribution in [0.15, 0.2) is 29.0 Å². The summed E-state index contributed by atoms with van der Waals surface area (Å²) in [5, 5.41) is 6.65. The van der Waals surface area contributed by atoms with Gasteiger partial charge in [0.05, 0.1) is 4.47 Å². The lowest BCUT2D eigenvalue weighted by Gasteiger charge is -2.18. The fourth-order valence-corrected chi connectivity index (χ4v) is 2.63. The lowest BCUT2D eigenvalue weighted by Crippen LogP contribution is -2.18. The summed E-state index contributed by atoms with van der Waals surface area (Å²) >= 11 is 3.33. The molecule has 22 heavy (non-hydrogen) atoms. The zero-order valence-corrected chi connectivity index (χ0v) is 14.1. The minimum Gasteiger partial charge on any atom is -0.370 e. The van der Waals surface area contributed by atoms with Gasteiger partial charge in [-0.1, -0.05) is 6.07 Å². The van der Waals surface area contributed by atoms with Gasteiger partial charge in [0.1, 0.15) is 5.82 Å². The van der Waals surface area contributed by atoms with E-state index in [-0.39, 0.29) is 6.04 Å². The number of aromatic nitrogens is 3. The summed E-state index contributed by atoms with van der Waals surface area (Å²) in [5.74, 6) is 1.68. The average Bonchev–Trinajstić information content (AvgIpc) is 2.55. The number of nitrogens with one attached hydrogen (secondary N) is 2. The predicted molar refractivity (Wildman–Crippen MR) is 91.9 cm³/mol. The van der Waals surface area contributed by atoms with E-state index in [9.17, 15) is 0 Å². The molecule has 0 fully saturated rings. The Hall–Kier alpha value is -1.69. The molecule has 2 aromatic rings. The van der Waals surface area contributed by atoms with Crippen molar-refractivity contribution in [2.24, 2.45) is 0 Å². The molecule has 1 aliphatic heterocycles. The van der Waals surface area contributed by atoms with Crippen LogP contribution in [0.2, 0.25) is 0 Å². The number of pyridine rings is 1. The lowest BCUT2D eigenvalue weighted by atomic mass is 10.1. The maximum Gasteiger partial charge on any atom is 0.222 e. The fourth-order valence-electron chi connectivity index (χ4n) is 2.42. The van der Waals surface area contributed by atoms with Crippen molar-refractivity contribution in [1.82, 2.24) is 15.0 Å². The third-order valence-corrected chi connectivity index (χ3v) is 4.00. The summed E-state index contributed by atoms with van der Waals surface area (Å²) in [7, 11) is 0. The van der Waals surface area contributed by atoms with Crippen LogP contribution in [0.25, 0.3) is 0 Å². The Balaban J connectivity index is 1.54. The second kappa shape index (κ2) is 7.05. The van der Waals surface area contributed by atoms with E-state index >= 15 is 0 Å². The van der Waals surface area contributed by atoms with E-state index in [0.29, 0.717) is 5.95 Å². The van der Waals surface area contributed by atoms with Gasteiger partial charge in [-0.3, -0.25) is 0 Å². The van der Waals surface area contributed by atoms with Crippen molar-refractivity contribution in [2.75, 3.05) is 17.2 Å². The van der Waals surface area contributed by atoms with Gasteiger partial charge in [0.2, 0.25) is 5.95 Å². The smallest absolute Gasteiger partial charge is 0.222 e. The second-order valence-electron chi connectivity index (χ2n) is 5.48. The number of fused-ring (bicyclic) bond motifs is 1. The van der Waals surface area contributed by atoms with Gasteiger partial charge in [0, 0.05) is 37.1 Å². The van der Waals surface area contributed by atoms with Crippen molar-refractivity contribution in [1.29, 1.82) is 0 Å². The van der Waals surface area contributed by atoms with Gasteiger partial charge in [-0.15, -0.1) is 0 Å². The van der Waals surface area contributed by atoms with Crippen LogP contribution in [0.5, 0.6) is 0 Å². The molecule has 0 aliphatic carbocycles. The van der Waals surface area contributed by atoms with Crippen LogP contribution in [-0.4, -0.2) is 27.5 Å². The van der Waals surface area contributed by atoms with E-state index in [1.807, 2.05) is 0 Å². The molecule has 1 atom stereocenters. The number of rotatable bonds is 5. The molecule has 1 radical (unpaired) electrons. The van der Waals surface area contributed by atoms with Crippen molar-refractivity contribution in [2.45, 2.75) is 32.2 Å². The van der Waals surface area contributed by atoms with Crippen LogP contribution in [0, 0.1) is 6.42 Å². The summed E-state index contributed by atoms with van der Waals surface area (Å²) in [6.45, 7) is 3.13. The minimum atomic E-state index is 0.243. The van der Waals surface area contributed by atoms with Gasteiger partial charge >= 0.3 is 0 Å². The molecule has 1 aliphatic rings. The Morgan fingerprint density at radius 3 is 3.00 bits per heavy atom.